The van der Waals surface area contributed by atoms with Gasteiger partial charge in [-0.25, -0.2) is 9.59 Å². The largest absolute Gasteiger partial charge is 0.493 e. The summed E-state index contributed by atoms with van der Waals surface area (Å²) in [5, 5.41) is 42.4. The number of nitro groups is 2. The summed E-state index contributed by atoms with van der Waals surface area (Å²) in [4.78, 5) is 45.7. The lowest BCUT2D eigenvalue weighted by molar-refractivity contribution is -0.394. The van der Waals surface area contributed by atoms with Crippen LogP contribution < -0.4 is 35.0 Å². The molecule has 2 amide bonds. The van der Waals surface area contributed by atoms with E-state index in [2.05, 4.69) is 21.2 Å². The van der Waals surface area contributed by atoms with Gasteiger partial charge in [0.25, 0.3) is 5.69 Å². The number of carbonyl (C=O) groups is 2. The number of hydrogen-bond acceptors (Lipinski definition) is 14. The van der Waals surface area contributed by atoms with Crippen LogP contribution in [0.25, 0.3) is 0 Å². The van der Waals surface area contributed by atoms with E-state index in [1.165, 1.54) is 26.5 Å². The van der Waals surface area contributed by atoms with E-state index in [0.29, 0.717) is 26.1 Å². The molecule has 1 aliphatic heterocycles. The number of non-ortho nitro benzene ring substituents is 1. The topological polar surface area (TPSA) is 235 Å². The summed E-state index contributed by atoms with van der Waals surface area (Å²) >= 11 is 1.93. The zero-order valence-electron chi connectivity index (χ0n) is 26.9. The van der Waals surface area contributed by atoms with Crippen LogP contribution >= 0.6 is 22.6 Å². The van der Waals surface area contributed by atoms with Crippen molar-refractivity contribution in [3.8, 4) is 28.7 Å². The molecule has 0 aromatic heterocycles. The van der Waals surface area contributed by atoms with Crippen molar-refractivity contribution in [3.05, 3.63) is 94.7 Å². The first-order valence-electron chi connectivity index (χ1n) is 14.6. The normalized spacial score (nSPS) is 14.7. The van der Waals surface area contributed by atoms with Gasteiger partial charge in [0.2, 0.25) is 5.75 Å². The number of ether oxygens (including phenoxy) is 5. The van der Waals surface area contributed by atoms with Crippen molar-refractivity contribution in [1.82, 2.24) is 16.1 Å². The molecule has 50 heavy (non-hydrogen) atoms. The number of allylic oxidation sites excluding steroid dienone is 1. The molecular formula is C31H31IN6O12. The van der Waals surface area contributed by atoms with Gasteiger partial charge in [-0.2, -0.15) is 5.10 Å². The number of hydrogen-bond donors (Lipinski definition) is 4. The van der Waals surface area contributed by atoms with Gasteiger partial charge in [0.1, 0.15) is 6.61 Å². The minimum Gasteiger partial charge on any atom is -0.493 e. The number of nitrogens with zero attached hydrogens (tertiary/aromatic N) is 3. The molecule has 18 nitrogen and oxygen atoms in total. The first-order valence-corrected chi connectivity index (χ1v) is 15.7. The average molecular weight is 807 g/mol. The van der Waals surface area contributed by atoms with Gasteiger partial charge in [0, 0.05) is 11.8 Å². The Morgan fingerprint density at radius 1 is 1.06 bits per heavy atom. The number of aliphatic hydroxyl groups is 1. The first-order chi connectivity index (χ1) is 23.9. The highest BCUT2D eigenvalue weighted by Crippen LogP contribution is 2.41. The Balaban J connectivity index is 1.44. The zero-order valence-corrected chi connectivity index (χ0v) is 29.1. The third-order valence-corrected chi connectivity index (χ3v) is 7.72. The van der Waals surface area contributed by atoms with E-state index in [-0.39, 0.29) is 41.8 Å². The molecule has 19 heteroatoms. The SMILES string of the molecule is CCOc1cc([C@H]2NC(=O)NC(C)=C2C(=O)OC)ccc1OC[C@H](O)N/N=C/c1cc(I)c(Oc2ccc([N+](=O)[O-])cc2[N+](=O)[O-])c(OC)c1. The number of carbonyl (C=O) groups excluding carboxylic acids is 2. The number of hydrazone groups is 1. The number of nitrogens with one attached hydrogen (secondary N) is 3. The molecular weight excluding hydrogens is 775 g/mol. The van der Waals surface area contributed by atoms with Crippen LogP contribution in [0.4, 0.5) is 16.2 Å². The number of amides is 2. The second kappa shape index (κ2) is 16.6. The molecule has 0 saturated heterocycles. The monoisotopic (exact) mass is 806 g/mol. The summed E-state index contributed by atoms with van der Waals surface area (Å²) in [5.41, 5.74) is 3.10. The number of methoxy groups -OCH3 is 2. The smallest absolute Gasteiger partial charge is 0.337 e. The van der Waals surface area contributed by atoms with Crippen molar-refractivity contribution in [1.29, 1.82) is 0 Å². The Morgan fingerprint density at radius 3 is 2.46 bits per heavy atom. The predicted octanol–water partition coefficient (Wildman–Crippen LogP) is 4.43. The minimum atomic E-state index is -1.27. The highest BCUT2D eigenvalue weighted by molar-refractivity contribution is 14.1. The number of nitro benzene ring substituents is 2. The number of benzene rings is 3. The molecule has 0 aliphatic carbocycles. The summed E-state index contributed by atoms with van der Waals surface area (Å²) in [6.45, 7) is 3.39. The van der Waals surface area contributed by atoms with Gasteiger partial charge in [0.15, 0.2) is 29.2 Å². The Kier molecular flexibility index (Phi) is 12.3. The minimum absolute atomic E-state index is 0.134. The number of rotatable bonds is 15. The van der Waals surface area contributed by atoms with Crippen LogP contribution in [0.15, 0.2) is 64.9 Å². The van der Waals surface area contributed by atoms with E-state index in [9.17, 15) is 34.9 Å². The maximum atomic E-state index is 12.5. The third-order valence-electron chi connectivity index (χ3n) is 6.92. The van der Waals surface area contributed by atoms with Crippen LogP contribution in [-0.2, 0) is 9.53 Å². The van der Waals surface area contributed by atoms with Crippen LogP contribution in [0.3, 0.4) is 0 Å². The summed E-state index contributed by atoms with van der Waals surface area (Å²) in [6.07, 6.45) is 0.112. The summed E-state index contributed by atoms with van der Waals surface area (Å²) in [6, 6.07) is 9.74. The Morgan fingerprint density at radius 2 is 1.80 bits per heavy atom. The summed E-state index contributed by atoms with van der Waals surface area (Å²) in [7, 11) is 2.61. The second-order valence-electron chi connectivity index (χ2n) is 10.2. The molecule has 0 bridgehead atoms. The summed E-state index contributed by atoms with van der Waals surface area (Å²) < 4.78 is 28.0. The number of esters is 1. The van der Waals surface area contributed by atoms with Crippen LogP contribution in [0.2, 0.25) is 0 Å². The molecule has 0 spiro atoms. The molecule has 1 heterocycles. The van der Waals surface area contributed by atoms with Crippen molar-refractivity contribution in [2.45, 2.75) is 26.1 Å². The third kappa shape index (κ3) is 8.85. The van der Waals surface area contributed by atoms with E-state index in [1.54, 1.807) is 38.1 Å². The van der Waals surface area contributed by atoms with Gasteiger partial charge < -0.3 is 39.4 Å². The molecule has 3 aromatic rings. The quantitative estimate of drug-likeness (QED) is 0.0416. The second-order valence-corrected chi connectivity index (χ2v) is 11.4. The lowest BCUT2D eigenvalue weighted by Crippen LogP contribution is -2.45. The highest BCUT2D eigenvalue weighted by Gasteiger charge is 2.32. The number of urea groups is 1. The Hall–Kier alpha value is -5.70. The van der Waals surface area contributed by atoms with Crippen LogP contribution in [0.1, 0.15) is 31.0 Å². The van der Waals surface area contributed by atoms with Gasteiger partial charge in [-0.15, -0.1) is 0 Å². The van der Waals surface area contributed by atoms with Gasteiger partial charge in [-0.1, -0.05) is 6.07 Å². The Bertz CT molecular complexity index is 1870. The van der Waals surface area contributed by atoms with E-state index in [1.807, 2.05) is 22.6 Å². The fourth-order valence-electron chi connectivity index (χ4n) is 4.69. The van der Waals surface area contributed by atoms with E-state index < -0.39 is 45.5 Å². The molecule has 3 aromatic carbocycles. The zero-order chi connectivity index (χ0) is 36.5. The van der Waals surface area contributed by atoms with E-state index in [4.69, 9.17) is 23.7 Å². The molecule has 4 rings (SSSR count). The van der Waals surface area contributed by atoms with Crippen molar-refractivity contribution in [2.75, 3.05) is 27.4 Å². The molecule has 0 radical (unpaired) electrons. The van der Waals surface area contributed by atoms with Gasteiger partial charge >= 0.3 is 17.7 Å². The van der Waals surface area contributed by atoms with Crippen molar-refractivity contribution >= 4 is 52.2 Å². The predicted molar refractivity (Wildman–Crippen MR) is 185 cm³/mol. The van der Waals surface area contributed by atoms with Crippen molar-refractivity contribution < 1.29 is 48.2 Å². The van der Waals surface area contributed by atoms with Gasteiger partial charge in [-0.3, -0.25) is 25.7 Å². The Labute approximate surface area is 297 Å². The number of halogens is 1. The fourth-order valence-corrected chi connectivity index (χ4v) is 5.43. The van der Waals surface area contributed by atoms with Crippen molar-refractivity contribution in [2.24, 2.45) is 5.10 Å². The first kappa shape index (κ1) is 37.1. The lowest BCUT2D eigenvalue weighted by atomic mass is 9.95. The van der Waals surface area contributed by atoms with Crippen LogP contribution in [0, 0.1) is 23.8 Å². The summed E-state index contributed by atoms with van der Waals surface area (Å²) in [5.74, 6) is 0.0766. The molecule has 2 atom stereocenters. The fraction of sp³-hybridized carbons (Fsp3) is 0.258. The van der Waals surface area contributed by atoms with Crippen LogP contribution in [-0.4, -0.2) is 66.8 Å². The van der Waals surface area contributed by atoms with E-state index >= 15 is 0 Å². The molecule has 1 aliphatic rings. The van der Waals surface area contributed by atoms with E-state index in [0.717, 1.165) is 18.2 Å². The van der Waals surface area contributed by atoms with Crippen molar-refractivity contribution in [3.63, 3.8) is 0 Å². The number of aliphatic hydroxyl groups excluding tert-OH is 1. The maximum absolute atomic E-state index is 12.5. The molecule has 0 unspecified atom stereocenters. The average Bonchev–Trinajstić information content (AvgIpc) is 3.08. The molecule has 0 saturated carbocycles. The molecule has 4 N–H and O–H groups in total. The lowest BCUT2D eigenvalue weighted by Gasteiger charge is -2.28. The maximum Gasteiger partial charge on any atom is 0.337 e. The van der Waals surface area contributed by atoms with Gasteiger partial charge in [0.05, 0.1) is 58.1 Å². The standard InChI is InChI=1S/C31H31IN6O12/c1-5-48-24-12-18(28-27(30(40)47-4)16(2)34-31(41)35-28)6-8-23(24)49-15-26(39)36-33-14-17-10-20(32)29(25(11-17)46-3)50-22-9-7-19(37(42)43)13-21(22)38(44)45/h6-14,26,28,36,39H,5,15H2,1-4H3,(H2,34,35,41)/b33-14+/t26-,28+/m0/s1. The molecule has 0 fully saturated rings. The highest BCUT2D eigenvalue weighted by atomic mass is 127. The van der Waals surface area contributed by atoms with Crippen LogP contribution in [0.5, 0.6) is 28.7 Å². The van der Waals surface area contributed by atoms with Gasteiger partial charge in [-0.05, 0) is 77.9 Å². The molecule has 264 valence electrons.